The minimum absolute atomic E-state index is 0.570. The van der Waals surface area contributed by atoms with Crippen LogP contribution in [0.3, 0.4) is 0 Å². The van der Waals surface area contributed by atoms with Crippen LogP contribution in [-0.4, -0.2) is 22.3 Å². The Bertz CT molecular complexity index is 524. The number of ether oxygens (including phenoxy) is 1. The largest absolute Gasteiger partial charge is 0.494 e. The molecule has 0 bridgehead atoms. The van der Waals surface area contributed by atoms with E-state index < -0.39 is 0 Å². The van der Waals surface area contributed by atoms with Gasteiger partial charge in [0, 0.05) is 11.8 Å². The molecule has 2 rings (SSSR count). The SMILES string of the molecule is COc1cccnc1-c1cn[nH]c(=S)c1. The number of hydrogen-bond donors (Lipinski definition) is 1. The van der Waals surface area contributed by atoms with Gasteiger partial charge in [0.15, 0.2) is 0 Å². The van der Waals surface area contributed by atoms with Gasteiger partial charge in [-0.1, -0.05) is 12.2 Å². The molecule has 4 nitrogen and oxygen atoms in total. The number of methoxy groups -OCH3 is 1. The van der Waals surface area contributed by atoms with Gasteiger partial charge in [-0.25, -0.2) is 0 Å². The van der Waals surface area contributed by atoms with Gasteiger partial charge in [-0.15, -0.1) is 0 Å². The Morgan fingerprint density at radius 2 is 2.33 bits per heavy atom. The highest BCUT2D eigenvalue weighted by atomic mass is 32.1. The lowest BCUT2D eigenvalue weighted by atomic mass is 10.2. The second kappa shape index (κ2) is 4.18. The molecule has 0 amide bonds. The van der Waals surface area contributed by atoms with Gasteiger partial charge in [-0.3, -0.25) is 10.1 Å². The van der Waals surface area contributed by atoms with E-state index in [4.69, 9.17) is 17.0 Å². The summed E-state index contributed by atoms with van der Waals surface area (Å²) in [6.07, 6.45) is 3.37. The van der Waals surface area contributed by atoms with Crippen LogP contribution in [0.15, 0.2) is 30.6 Å². The maximum Gasteiger partial charge on any atom is 0.145 e. The van der Waals surface area contributed by atoms with Gasteiger partial charge in [0.2, 0.25) is 0 Å². The average molecular weight is 219 g/mol. The van der Waals surface area contributed by atoms with Crippen molar-refractivity contribution in [3.8, 4) is 17.0 Å². The van der Waals surface area contributed by atoms with E-state index in [9.17, 15) is 0 Å². The lowest BCUT2D eigenvalue weighted by Crippen LogP contribution is -1.92. The fourth-order valence-electron chi connectivity index (χ4n) is 1.28. The molecule has 1 N–H and O–H groups in total. The molecule has 0 saturated carbocycles. The molecular formula is C10H9N3OS. The molecule has 0 aliphatic carbocycles. The van der Waals surface area contributed by atoms with Crippen LogP contribution in [0.4, 0.5) is 0 Å². The van der Waals surface area contributed by atoms with Gasteiger partial charge < -0.3 is 4.74 Å². The molecule has 0 aliphatic rings. The zero-order valence-electron chi connectivity index (χ0n) is 8.10. The Morgan fingerprint density at radius 1 is 1.47 bits per heavy atom. The number of hydrogen-bond acceptors (Lipinski definition) is 4. The van der Waals surface area contributed by atoms with Crippen molar-refractivity contribution < 1.29 is 4.74 Å². The summed E-state index contributed by atoms with van der Waals surface area (Å²) in [7, 11) is 1.61. The zero-order valence-corrected chi connectivity index (χ0v) is 8.91. The van der Waals surface area contributed by atoms with Crippen LogP contribution >= 0.6 is 12.2 Å². The van der Waals surface area contributed by atoms with Crippen molar-refractivity contribution in [1.29, 1.82) is 0 Å². The van der Waals surface area contributed by atoms with Crippen LogP contribution in [-0.2, 0) is 0 Å². The summed E-state index contributed by atoms with van der Waals surface area (Å²) in [4.78, 5) is 4.24. The minimum atomic E-state index is 0.570. The van der Waals surface area contributed by atoms with Gasteiger partial charge in [-0.2, -0.15) is 5.10 Å². The summed E-state index contributed by atoms with van der Waals surface area (Å²) >= 11 is 4.99. The predicted octanol–water partition coefficient (Wildman–Crippen LogP) is 2.21. The highest BCUT2D eigenvalue weighted by Gasteiger charge is 2.06. The number of aromatic amines is 1. The summed E-state index contributed by atoms with van der Waals surface area (Å²) in [5.74, 6) is 0.708. The van der Waals surface area contributed by atoms with Crippen LogP contribution in [0.2, 0.25) is 0 Å². The molecule has 0 unspecified atom stereocenters. The molecule has 0 aromatic carbocycles. The normalized spacial score (nSPS) is 9.93. The number of nitrogens with zero attached hydrogens (tertiary/aromatic N) is 2. The molecule has 76 valence electrons. The number of H-pyrrole nitrogens is 1. The Labute approximate surface area is 92.0 Å². The standard InChI is InChI=1S/C10H9N3OS/c1-14-8-3-2-4-11-10(8)7-5-9(15)13-12-6-7/h2-6H,1H3,(H,13,15). The van der Waals surface area contributed by atoms with E-state index in [1.165, 1.54) is 0 Å². The van der Waals surface area contributed by atoms with E-state index in [0.717, 1.165) is 11.3 Å². The minimum Gasteiger partial charge on any atom is -0.494 e. The fourth-order valence-corrected chi connectivity index (χ4v) is 1.46. The fraction of sp³-hybridized carbons (Fsp3) is 0.100. The van der Waals surface area contributed by atoms with E-state index in [0.29, 0.717) is 10.4 Å². The Morgan fingerprint density at radius 3 is 3.07 bits per heavy atom. The number of pyridine rings is 1. The van der Waals surface area contributed by atoms with Gasteiger partial charge in [0.25, 0.3) is 0 Å². The third kappa shape index (κ3) is 2.02. The third-order valence-corrected chi connectivity index (χ3v) is 2.14. The topological polar surface area (TPSA) is 50.8 Å². The van der Waals surface area contributed by atoms with E-state index in [1.807, 2.05) is 12.1 Å². The van der Waals surface area contributed by atoms with Crippen LogP contribution in [0, 0.1) is 4.64 Å². The monoisotopic (exact) mass is 219 g/mol. The molecule has 0 spiro atoms. The summed E-state index contributed by atoms with van der Waals surface area (Å²) in [5.41, 5.74) is 1.59. The van der Waals surface area contributed by atoms with Crippen LogP contribution < -0.4 is 4.74 Å². The molecule has 2 aromatic rings. The van der Waals surface area contributed by atoms with Crippen molar-refractivity contribution in [2.24, 2.45) is 0 Å². The molecule has 0 saturated heterocycles. The molecule has 0 radical (unpaired) electrons. The molecule has 0 aliphatic heterocycles. The maximum atomic E-state index is 5.21. The average Bonchev–Trinajstić information content (AvgIpc) is 2.29. The van der Waals surface area contributed by atoms with Crippen molar-refractivity contribution in [3.63, 3.8) is 0 Å². The quantitative estimate of drug-likeness (QED) is 0.787. The third-order valence-electron chi connectivity index (χ3n) is 1.93. The molecule has 2 aromatic heterocycles. The molecule has 15 heavy (non-hydrogen) atoms. The first-order valence-electron chi connectivity index (χ1n) is 4.35. The van der Waals surface area contributed by atoms with Gasteiger partial charge in [0.05, 0.1) is 13.3 Å². The maximum absolute atomic E-state index is 5.21. The smallest absolute Gasteiger partial charge is 0.145 e. The zero-order chi connectivity index (χ0) is 10.7. The summed E-state index contributed by atoms with van der Waals surface area (Å²) in [6, 6.07) is 5.47. The number of aromatic nitrogens is 3. The Balaban J connectivity index is 2.58. The van der Waals surface area contributed by atoms with E-state index in [-0.39, 0.29) is 0 Å². The Hall–Kier alpha value is -1.75. The first-order valence-corrected chi connectivity index (χ1v) is 4.76. The van der Waals surface area contributed by atoms with Gasteiger partial charge in [0.1, 0.15) is 16.1 Å². The van der Waals surface area contributed by atoms with Crippen molar-refractivity contribution in [2.75, 3.05) is 7.11 Å². The summed E-state index contributed by atoms with van der Waals surface area (Å²) < 4.78 is 5.77. The van der Waals surface area contributed by atoms with Crippen LogP contribution in [0.1, 0.15) is 0 Å². The van der Waals surface area contributed by atoms with Gasteiger partial charge >= 0.3 is 0 Å². The first-order chi connectivity index (χ1) is 7.31. The van der Waals surface area contributed by atoms with Crippen molar-refractivity contribution >= 4 is 12.2 Å². The van der Waals surface area contributed by atoms with Crippen molar-refractivity contribution in [1.82, 2.24) is 15.2 Å². The van der Waals surface area contributed by atoms with Crippen molar-refractivity contribution in [2.45, 2.75) is 0 Å². The number of rotatable bonds is 2. The number of nitrogens with one attached hydrogen (secondary N) is 1. The molecule has 5 heteroatoms. The summed E-state index contributed by atoms with van der Waals surface area (Å²) in [5, 5.41) is 6.59. The van der Waals surface area contributed by atoms with E-state index in [1.54, 1.807) is 25.6 Å². The highest BCUT2D eigenvalue weighted by Crippen LogP contribution is 2.25. The molecule has 2 heterocycles. The highest BCUT2D eigenvalue weighted by molar-refractivity contribution is 7.71. The van der Waals surface area contributed by atoms with Crippen molar-refractivity contribution in [3.05, 3.63) is 35.2 Å². The summed E-state index contributed by atoms with van der Waals surface area (Å²) in [6.45, 7) is 0. The molecule has 0 atom stereocenters. The van der Waals surface area contributed by atoms with Crippen LogP contribution in [0.5, 0.6) is 5.75 Å². The second-order valence-electron chi connectivity index (χ2n) is 2.89. The Kier molecular flexibility index (Phi) is 2.73. The lowest BCUT2D eigenvalue weighted by molar-refractivity contribution is 0.415. The second-order valence-corrected chi connectivity index (χ2v) is 3.33. The molecular weight excluding hydrogens is 210 g/mol. The van der Waals surface area contributed by atoms with Gasteiger partial charge in [-0.05, 0) is 18.2 Å². The van der Waals surface area contributed by atoms with E-state index >= 15 is 0 Å². The lowest BCUT2D eigenvalue weighted by Gasteiger charge is -2.05. The molecule has 0 fully saturated rings. The van der Waals surface area contributed by atoms with Crippen LogP contribution in [0.25, 0.3) is 11.3 Å². The van der Waals surface area contributed by atoms with E-state index in [2.05, 4.69) is 15.2 Å². The predicted molar refractivity (Wildman–Crippen MR) is 59.2 cm³/mol. The first kappa shape index (κ1) is 9.79.